The summed E-state index contributed by atoms with van der Waals surface area (Å²) in [6.45, 7) is 0.945. The first-order valence-electron chi connectivity index (χ1n) is 5.03. The van der Waals surface area contributed by atoms with Crippen LogP contribution in [0.5, 0.6) is 0 Å². The summed E-state index contributed by atoms with van der Waals surface area (Å²) in [6.07, 6.45) is -0.321. The summed E-state index contributed by atoms with van der Waals surface area (Å²) in [4.78, 5) is 34.7. The molecule has 0 N–H and O–H groups in total. The van der Waals surface area contributed by atoms with Gasteiger partial charge in [-0.3, -0.25) is 9.59 Å². The number of carbonyl (C=O) groups excluding carboxylic acids is 3. The van der Waals surface area contributed by atoms with Crippen LogP contribution in [-0.4, -0.2) is 54.4 Å². The monoisotopic (exact) mass is 299 g/mol. The SMILES string of the molecule is COC(=O)[C@@]1(C)[C@H](C(=O)[O-])N2C(=O)CC2S1(=O)=O.[Na+]. The molecule has 2 heterocycles. The van der Waals surface area contributed by atoms with E-state index in [2.05, 4.69) is 4.74 Å². The number of β-lactam (4-membered cyclic amide) rings is 1. The Morgan fingerprint density at radius 1 is 1.47 bits per heavy atom. The van der Waals surface area contributed by atoms with Gasteiger partial charge in [0.1, 0.15) is 11.4 Å². The van der Waals surface area contributed by atoms with Crippen molar-refractivity contribution < 1.29 is 62.2 Å². The van der Waals surface area contributed by atoms with Gasteiger partial charge in [0.25, 0.3) is 0 Å². The molecular weight excluding hydrogens is 289 g/mol. The van der Waals surface area contributed by atoms with Gasteiger partial charge in [-0.15, -0.1) is 0 Å². The van der Waals surface area contributed by atoms with Crippen LogP contribution in [0.1, 0.15) is 13.3 Å². The van der Waals surface area contributed by atoms with Crippen molar-refractivity contribution in [1.82, 2.24) is 4.90 Å². The maximum absolute atomic E-state index is 12.2. The smallest absolute Gasteiger partial charge is 0.548 e. The second-order valence-electron chi connectivity index (χ2n) is 4.32. The molecular formula is C9H10NNaO7S. The fourth-order valence-electron chi connectivity index (χ4n) is 2.44. The van der Waals surface area contributed by atoms with E-state index in [1.807, 2.05) is 0 Å². The van der Waals surface area contributed by atoms with Crippen LogP contribution in [0.25, 0.3) is 0 Å². The number of esters is 1. The molecule has 2 rings (SSSR count). The van der Waals surface area contributed by atoms with Gasteiger partial charge >= 0.3 is 35.5 Å². The van der Waals surface area contributed by atoms with Gasteiger partial charge in [-0.25, -0.2) is 8.42 Å². The van der Waals surface area contributed by atoms with Crippen LogP contribution < -0.4 is 34.7 Å². The van der Waals surface area contributed by atoms with Crippen molar-refractivity contribution in [2.24, 2.45) is 0 Å². The maximum Gasteiger partial charge on any atom is 1.00 e. The minimum absolute atomic E-state index is 0. The number of hydrogen-bond acceptors (Lipinski definition) is 7. The van der Waals surface area contributed by atoms with Crippen molar-refractivity contribution >= 4 is 27.7 Å². The third kappa shape index (κ3) is 1.75. The molecule has 0 aromatic carbocycles. The number of rotatable bonds is 2. The summed E-state index contributed by atoms with van der Waals surface area (Å²) < 4.78 is 26.3. The third-order valence-corrected chi connectivity index (χ3v) is 6.19. The molecule has 2 fully saturated rings. The van der Waals surface area contributed by atoms with Gasteiger partial charge in [-0.05, 0) is 6.92 Å². The van der Waals surface area contributed by atoms with Gasteiger partial charge in [-0.2, -0.15) is 0 Å². The molecule has 2 saturated heterocycles. The molecule has 0 saturated carbocycles. The number of methoxy groups -OCH3 is 1. The maximum atomic E-state index is 12.2. The number of amides is 1. The molecule has 0 spiro atoms. The Balaban J connectivity index is 0.00000180. The molecule has 10 heteroatoms. The molecule has 100 valence electrons. The molecule has 0 aliphatic carbocycles. The molecule has 1 unspecified atom stereocenters. The number of aliphatic carboxylic acids is 1. The van der Waals surface area contributed by atoms with E-state index >= 15 is 0 Å². The zero-order valence-corrected chi connectivity index (χ0v) is 13.4. The van der Waals surface area contributed by atoms with Gasteiger partial charge in [0.15, 0.2) is 14.6 Å². The van der Waals surface area contributed by atoms with Gasteiger partial charge in [0, 0.05) is 0 Å². The topological polar surface area (TPSA) is 121 Å². The Labute approximate surface area is 131 Å². The number of carboxylic acid groups (broad SMARTS) is 1. The van der Waals surface area contributed by atoms with Gasteiger partial charge in [0.05, 0.1) is 19.5 Å². The number of nitrogens with zero attached hydrogens (tertiary/aromatic N) is 1. The minimum Gasteiger partial charge on any atom is -0.548 e. The van der Waals surface area contributed by atoms with Crippen LogP contribution >= 0.6 is 0 Å². The Morgan fingerprint density at radius 2 is 2.00 bits per heavy atom. The van der Waals surface area contributed by atoms with Gasteiger partial charge in [-0.1, -0.05) is 0 Å². The first kappa shape index (κ1) is 16.4. The van der Waals surface area contributed by atoms with E-state index in [1.165, 1.54) is 0 Å². The number of carbonyl (C=O) groups is 3. The molecule has 8 nitrogen and oxygen atoms in total. The Kier molecular flexibility index (Phi) is 4.08. The normalized spacial score (nSPS) is 34.8. The number of fused-ring (bicyclic) bond motifs is 1. The average Bonchev–Trinajstić information content (AvgIpc) is 2.43. The van der Waals surface area contributed by atoms with Crippen molar-refractivity contribution in [2.75, 3.05) is 7.11 Å². The largest absolute Gasteiger partial charge is 1.00 e. The number of ether oxygens (including phenoxy) is 1. The van der Waals surface area contributed by atoms with Crippen molar-refractivity contribution in [3.8, 4) is 0 Å². The molecule has 0 aromatic heterocycles. The first-order chi connectivity index (χ1) is 8.19. The van der Waals surface area contributed by atoms with Gasteiger partial charge < -0.3 is 19.5 Å². The van der Waals surface area contributed by atoms with Crippen molar-refractivity contribution in [2.45, 2.75) is 29.5 Å². The fraction of sp³-hybridized carbons (Fsp3) is 0.667. The number of sulfone groups is 1. The van der Waals surface area contributed by atoms with E-state index in [9.17, 15) is 27.9 Å². The molecule has 0 radical (unpaired) electrons. The molecule has 0 bridgehead atoms. The van der Waals surface area contributed by atoms with Gasteiger partial charge in [0.2, 0.25) is 5.91 Å². The summed E-state index contributed by atoms with van der Waals surface area (Å²) in [5.74, 6) is -3.63. The Bertz CT molecular complexity index is 559. The molecule has 2 aliphatic heterocycles. The zero-order valence-electron chi connectivity index (χ0n) is 10.6. The van der Waals surface area contributed by atoms with Crippen LogP contribution in [0.4, 0.5) is 0 Å². The summed E-state index contributed by atoms with van der Waals surface area (Å²) in [6, 6.07) is -1.85. The predicted molar refractivity (Wildman–Crippen MR) is 53.4 cm³/mol. The van der Waals surface area contributed by atoms with E-state index in [-0.39, 0.29) is 36.0 Å². The standard InChI is InChI=1S/C9H11NO7S.Na/c1-9(8(14)17-2)6(7(12)13)10-4(11)3-5(10)18(9,15)16;/h5-6H,3H2,1-2H3,(H,12,13);/q;+1/p-1/t5?,6-,9+;/m0./s1. The van der Waals surface area contributed by atoms with E-state index in [1.54, 1.807) is 0 Å². The summed E-state index contributed by atoms with van der Waals surface area (Å²) >= 11 is 0. The number of hydrogen-bond donors (Lipinski definition) is 0. The summed E-state index contributed by atoms with van der Waals surface area (Å²) in [7, 11) is -3.21. The average molecular weight is 299 g/mol. The van der Waals surface area contributed by atoms with E-state index in [4.69, 9.17) is 0 Å². The first-order valence-corrected chi connectivity index (χ1v) is 6.58. The Morgan fingerprint density at radius 3 is 2.37 bits per heavy atom. The molecule has 19 heavy (non-hydrogen) atoms. The van der Waals surface area contributed by atoms with E-state index in [0.717, 1.165) is 14.0 Å². The zero-order chi connectivity index (χ0) is 13.9. The third-order valence-electron chi connectivity index (χ3n) is 3.51. The molecule has 3 atom stereocenters. The molecule has 0 aromatic rings. The van der Waals surface area contributed by atoms with E-state index < -0.39 is 43.8 Å². The summed E-state index contributed by atoms with van der Waals surface area (Å²) in [5, 5.41) is 9.80. The van der Waals surface area contributed by atoms with Crippen LogP contribution in [0.2, 0.25) is 0 Å². The van der Waals surface area contributed by atoms with Crippen LogP contribution in [0, 0.1) is 0 Å². The van der Waals surface area contributed by atoms with Crippen molar-refractivity contribution in [1.29, 1.82) is 0 Å². The summed E-state index contributed by atoms with van der Waals surface area (Å²) in [5.41, 5.74) is 0. The molecule has 2 aliphatic rings. The molecule has 1 amide bonds. The minimum atomic E-state index is -4.16. The van der Waals surface area contributed by atoms with Crippen molar-refractivity contribution in [3.05, 3.63) is 0 Å². The predicted octanol–water partition coefficient (Wildman–Crippen LogP) is -5.97. The van der Waals surface area contributed by atoms with Crippen LogP contribution in [0.3, 0.4) is 0 Å². The van der Waals surface area contributed by atoms with Crippen molar-refractivity contribution in [3.63, 3.8) is 0 Å². The second kappa shape index (κ2) is 4.72. The Hall–Kier alpha value is -0.640. The fourth-order valence-corrected chi connectivity index (χ4v) is 4.75. The second-order valence-corrected chi connectivity index (χ2v) is 6.81. The van der Waals surface area contributed by atoms with E-state index in [0.29, 0.717) is 4.90 Å². The quantitative estimate of drug-likeness (QED) is 0.283. The number of carboxylic acids is 1. The van der Waals surface area contributed by atoms with Crippen LogP contribution in [-0.2, 0) is 29.0 Å². The van der Waals surface area contributed by atoms with Crippen LogP contribution in [0.15, 0.2) is 0 Å².